The fourth-order valence-corrected chi connectivity index (χ4v) is 1.51. The third kappa shape index (κ3) is 4.26. The van der Waals surface area contributed by atoms with Crippen LogP contribution in [0.1, 0.15) is 31.9 Å². The van der Waals surface area contributed by atoms with E-state index in [1.165, 1.54) is 13.8 Å². The van der Waals surface area contributed by atoms with E-state index < -0.39 is 12.1 Å². The molecular formula is C13H16O4. The van der Waals surface area contributed by atoms with Crippen LogP contribution in [0.25, 0.3) is 0 Å². The summed E-state index contributed by atoms with van der Waals surface area (Å²) in [6, 6.07) is 7.11. The number of ether oxygens (including phenoxy) is 2. The fraction of sp³-hybridized carbons (Fsp3) is 0.385. The summed E-state index contributed by atoms with van der Waals surface area (Å²) in [5.41, 5.74) is 0.788. The average molecular weight is 236 g/mol. The Kier molecular flexibility index (Phi) is 4.69. The van der Waals surface area contributed by atoms with Crippen molar-refractivity contribution in [2.75, 3.05) is 7.11 Å². The van der Waals surface area contributed by atoms with Crippen molar-refractivity contribution >= 4 is 11.8 Å². The van der Waals surface area contributed by atoms with Crippen molar-refractivity contribution in [3.63, 3.8) is 0 Å². The number of hydrogen-bond donors (Lipinski definition) is 0. The molecular weight excluding hydrogens is 220 g/mol. The van der Waals surface area contributed by atoms with Crippen LogP contribution >= 0.6 is 0 Å². The van der Waals surface area contributed by atoms with Crippen molar-refractivity contribution in [1.29, 1.82) is 0 Å². The smallest absolute Gasteiger partial charge is 0.303 e. The molecule has 0 aliphatic heterocycles. The van der Waals surface area contributed by atoms with Crippen LogP contribution in [-0.4, -0.2) is 18.9 Å². The van der Waals surface area contributed by atoms with Crippen LogP contribution in [0.2, 0.25) is 0 Å². The third-order valence-corrected chi connectivity index (χ3v) is 2.27. The second-order valence-corrected chi connectivity index (χ2v) is 3.78. The minimum Gasteiger partial charge on any atom is -0.497 e. The van der Waals surface area contributed by atoms with E-state index in [2.05, 4.69) is 0 Å². The lowest BCUT2D eigenvalue weighted by Crippen LogP contribution is -2.11. The van der Waals surface area contributed by atoms with Crippen molar-refractivity contribution in [3.05, 3.63) is 29.8 Å². The maximum absolute atomic E-state index is 11.1. The topological polar surface area (TPSA) is 52.6 Å². The van der Waals surface area contributed by atoms with Gasteiger partial charge in [-0.2, -0.15) is 0 Å². The minimum atomic E-state index is -0.518. The Hall–Kier alpha value is -1.84. The van der Waals surface area contributed by atoms with E-state index in [0.717, 1.165) is 11.3 Å². The summed E-state index contributed by atoms with van der Waals surface area (Å²) in [5, 5.41) is 0. The maximum atomic E-state index is 11.1. The molecule has 92 valence electrons. The highest BCUT2D eigenvalue weighted by Gasteiger charge is 2.16. The molecule has 0 aliphatic carbocycles. The van der Waals surface area contributed by atoms with Gasteiger partial charge in [0.25, 0.3) is 0 Å². The van der Waals surface area contributed by atoms with E-state index in [1.54, 1.807) is 31.4 Å². The zero-order chi connectivity index (χ0) is 12.8. The van der Waals surface area contributed by atoms with Crippen LogP contribution in [0.4, 0.5) is 0 Å². The molecule has 0 saturated carbocycles. The maximum Gasteiger partial charge on any atom is 0.303 e. The number of methoxy groups -OCH3 is 1. The number of carbonyl (C=O) groups is 2. The van der Waals surface area contributed by atoms with Gasteiger partial charge in [0.1, 0.15) is 17.6 Å². The summed E-state index contributed by atoms with van der Waals surface area (Å²) in [6.07, 6.45) is -0.331. The third-order valence-electron chi connectivity index (χ3n) is 2.27. The van der Waals surface area contributed by atoms with E-state index in [4.69, 9.17) is 9.47 Å². The van der Waals surface area contributed by atoms with Gasteiger partial charge in [-0.1, -0.05) is 12.1 Å². The molecule has 0 aliphatic rings. The van der Waals surface area contributed by atoms with Crippen LogP contribution in [0, 0.1) is 0 Å². The van der Waals surface area contributed by atoms with E-state index in [9.17, 15) is 9.59 Å². The molecule has 0 spiro atoms. The van der Waals surface area contributed by atoms with Crippen molar-refractivity contribution in [1.82, 2.24) is 0 Å². The molecule has 4 heteroatoms. The van der Waals surface area contributed by atoms with E-state index in [-0.39, 0.29) is 12.2 Å². The highest BCUT2D eigenvalue weighted by Crippen LogP contribution is 2.24. The summed E-state index contributed by atoms with van der Waals surface area (Å²) in [6.45, 7) is 2.80. The van der Waals surface area contributed by atoms with Crippen molar-refractivity contribution in [2.45, 2.75) is 26.4 Å². The normalized spacial score (nSPS) is 11.7. The molecule has 1 atom stereocenters. The zero-order valence-electron chi connectivity index (χ0n) is 10.2. The van der Waals surface area contributed by atoms with Gasteiger partial charge in [0.05, 0.1) is 7.11 Å². The summed E-state index contributed by atoms with van der Waals surface area (Å²) < 4.78 is 10.2. The average Bonchev–Trinajstić information content (AvgIpc) is 2.27. The molecule has 4 nitrogen and oxygen atoms in total. The molecule has 1 rings (SSSR count). The standard InChI is InChI=1S/C13H16O4/c1-9(14)8-13(17-10(2)15)11-4-6-12(16-3)7-5-11/h4-7,13H,8H2,1-3H3. The number of benzene rings is 1. The Labute approximate surface area is 101 Å². The van der Waals surface area contributed by atoms with E-state index >= 15 is 0 Å². The zero-order valence-corrected chi connectivity index (χ0v) is 10.2. The largest absolute Gasteiger partial charge is 0.497 e. The van der Waals surface area contributed by atoms with Gasteiger partial charge in [-0.05, 0) is 24.6 Å². The van der Waals surface area contributed by atoms with Crippen LogP contribution in [0.3, 0.4) is 0 Å². The van der Waals surface area contributed by atoms with Crippen molar-refractivity contribution in [2.24, 2.45) is 0 Å². The summed E-state index contributed by atoms with van der Waals surface area (Å²) in [4.78, 5) is 22.1. The molecule has 0 N–H and O–H groups in total. The Morgan fingerprint density at radius 2 is 1.76 bits per heavy atom. The first kappa shape index (κ1) is 13.2. The molecule has 0 saturated heterocycles. The number of ketones is 1. The summed E-state index contributed by atoms with van der Waals surface area (Å²) >= 11 is 0. The summed E-state index contributed by atoms with van der Waals surface area (Å²) in [5.74, 6) is 0.303. The van der Waals surface area contributed by atoms with Gasteiger partial charge in [-0.15, -0.1) is 0 Å². The molecule has 0 aromatic heterocycles. The van der Waals surface area contributed by atoms with Crippen molar-refractivity contribution in [3.8, 4) is 5.75 Å². The predicted octanol–water partition coefficient (Wildman–Crippen LogP) is 2.28. The van der Waals surface area contributed by atoms with Crippen LogP contribution in [0.5, 0.6) is 5.75 Å². The van der Waals surface area contributed by atoms with Crippen LogP contribution < -0.4 is 4.74 Å². The Bertz CT molecular complexity index is 378. The van der Waals surface area contributed by atoms with Crippen molar-refractivity contribution < 1.29 is 19.1 Å². The summed E-state index contributed by atoms with van der Waals surface area (Å²) in [7, 11) is 1.58. The quantitative estimate of drug-likeness (QED) is 0.736. The molecule has 1 aromatic carbocycles. The van der Waals surface area contributed by atoms with Gasteiger partial charge >= 0.3 is 5.97 Å². The Morgan fingerprint density at radius 1 is 1.18 bits per heavy atom. The lowest BCUT2D eigenvalue weighted by atomic mass is 10.0. The lowest BCUT2D eigenvalue weighted by molar-refractivity contribution is -0.147. The predicted molar refractivity (Wildman–Crippen MR) is 62.8 cm³/mol. The SMILES string of the molecule is COc1ccc(C(CC(C)=O)OC(C)=O)cc1. The molecule has 1 aromatic rings. The van der Waals surface area contributed by atoms with Gasteiger partial charge in [-0.25, -0.2) is 0 Å². The van der Waals surface area contributed by atoms with Gasteiger partial charge in [0.2, 0.25) is 0 Å². The second kappa shape index (κ2) is 6.03. The number of rotatable bonds is 5. The first-order chi connectivity index (χ1) is 8.02. The molecule has 0 radical (unpaired) electrons. The Morgan fingerprint density at radius 3 is 2.18 bits per heavy atom. The van der Waals surface area contributed by atoms with E-state index in [1.807, 2.05) is 0 Å². The number of Topliss-reactive ketones (excluding diaryl/α,β-unsaturated/α-hetero) is 1. The van der Waals surface area contributed by atoms with Gasteiger partial charge in [-0.3, -0.25) is 9.59 Å². The molecule has 0 bridgehead atoms. The fourth-order valence-electron chi connectivity index (χ4n) is 1.51. The van der Waals surface area contributed by atoms with Crippen LogP contribution in [0.15, 0.2) is 24.3 Å². The van der Waals surface area contributed by atoms with Crippen LogP contribution in [-0.2, 0) is 14.3 Å². The lowest BCUT2D eigenvalue weighted by Gasteiger charge is -2.16. The molecule has 0 fully saturated rings. The van der Waals surface area contributed by atoms with Gasteiger partial charge < -0.3 is 9.47 Å². The molecule has 0 amide bonds. The highest BCUT2D eigenvalue weighted by atomic mass is 16.5. The Balaban J connectivity index is 2.86. The monoisotopic (exact) mass is 236 g/mol. The first-order valence-electron chi connectivity index (χ1n) is 5.33. The molecule has 1 unspecified atom stereocenters. The minimum absolute atomic E-state index is 0.0212. The first-order valence-corrected chi connectivity index (χ1v) is 5.33. The number of carbonyl (C=O) groups excluding carboxylic acids is 2. The number of esters is 1. The number of hydrogen-bond acceptors (Lipinski definition) is 4. The van der Waals surface area contributed by atoms with Gasteiger partial charge in [0.15, 0.2) is 0 Å². The van der Waals surface area contributed by atoms with E-state index in [0.29, 0.717) is 0 Å². The second-order valence-electron chi connectivity index (χ2n) is 3.78. The molecule has 17 heavy (non-hydrogen) atoms. The molecule has 0 heterocycles. The highest BCUT2D eigenvalue weighted by molar-refractivity contribution is 5.77. The van der Waals surface area contributed by atoms with Gasteiger partial charge in [0, 0.05) is 13.3 Å².